The van der Waals surface area contributed by atoms with E-state index in [9.17, 15) is 55.3 Å². The number of fused-ring (bicyclic) bond motifs is 2. The molecule has 0 radical (unpaired) electrons. The van der Waals surface area contributed by atoms with Gasteiger partial charge in [0.2, 0.25) is 11.6 Å². The number of hydrogen-bond donors (Lipinski definition) is 8. The molecular formula is C48H36N6O14S2. The number of carbonyl (C=O) groups is 4. The van der Waals surface area contributed by atoms with E-state index in [4.69, 9.17) is 9.47 Å². The van der Waals surface area contributed by atoms with E-state index in [1.807, 2.05) is 0 Å². The van der Waals surface area contributed by atoms with E-state index in [0.29, 0.717) is 11.1 Å². The smallest absolute Gasteiger partial charge is 0.295 e. The van der Waals surface area contributed by atoms with Crippen molar-refractivity contribution in [2.75, 3.05) is 35.7 Å². The number of ketones is 2. The SMILES string of the molecule is COc1cc(-c2ccc(NC(=O)c3ccc(NN=C4C(=O)C=C(S(=O)(=O)O)c5ccccc54)c(O)c3)c(OC)c2)ccc1NC(=O)c1ccc(NN=C2C(=O)C=C(S(=O)(=O)O)c3ccccc32)c(O)c1. The zero-order chi connectivity index (χ0) is 50.1. The van der Waals surface area contributed by atoms with Crippen LogP contribution in [-0.4, -0.2) is 85.2 Å². The number of ether oxygens (including phenoxy) is 2. The van der Waals surface area contributed by atoms with Crippen molar-refractivity contribution in [3.63, 3.8) is 0 Å². The number of benzene rings is 6. The number of nitrogens with one attached hydrogen (secondary N) is 4. The molecular weight excluding hydrogens is 949 g/mol. The van der Waals surface area contributed by atoms with Crippen molar-refractivity contribution in [1.29, 1.82) is 0 Å². The number of nitrogens with zero attached hydrogens (tertiary/aromatic N) is 2. The van der Waals surface area contributed by atoms with E-state index in [-0.39, 0.29) is 79.1 Å². The highest BCUT2D eigenvalue weighted by molar-refractivity contribution is 7.95. The Labute approximate surface area is 397 Å². The average Bonchev–Trinajstić information content (AvgIpc) is 3.33. The van der Waals surface area contributed by atoms with Crippen LogP contribution in [0.1, 0.15) is 43.0 Å². The Morgan fingerprint density at radius 2 is 0.857 bits per heavy atom. The van der Waals surface area contributed by atoms with Gasteiger partial charge < -0.3 is 30.3 Å². The van der Waals surface area contributed by atoms with Crippen molar-refractivity contribution in [3.05, 3.63) is 167 Å². The summed E-state index contributed by atoms with van der Waals surface area (Å²) in [5, 5.41) is 35.2. The maximum absolute atomic E-state index is 13.4. The Bertz CT molecular complexity index is 3350. The summed E-state index contributed by atoms with van der Waals surface area (Å²) < 4.78 is 78.0. The maximum atomic E-state index is 13.4. The van der Waals surface area contributed by atoms with Crippen LogP contribution in [-0.2, 0) is 29.8 Å². The van der Waals surface area contributed by atoms with E-state index in [1.165, 1.54) is 87.0 Å². The monoisotopic (exact) mass is 984 g/mol. The molecule has 0 saturated heterocycles. The van der Waals surface area contributed by atoms with E-state index in [1.54, 1.807) is 48.5 Å². The molecule has 22 heteroatoms. The molecule has 0 aliphatic heterocycles. The minimum Gasteiger partial charge on any atom is -0.506 e. The second-order valence-electron chi connectivity index (χ2n) is 15.1. The van der Waals surface area contributed by atoms with Crippen LogP contribution in [0.5, 0.6) is 23.0 Å². The highest BCUT2D eigenvalue weighted by Crippen LogP contribution is 2.37. The number of rotatable bonds is 13. The summed E-state index contributed by atoms with van der Waals surface area (Å²) >= 11 is 0. The molecule has 0 aromatic heterocycles. The number of hydrogen-bond acceptors (Lipinski definition) is 16. The van der Waals surface area contributed by atoms with Crippen LogP contribution in [0.25, 0.3) is 20.9 Å². The fourth-order valence-electron chi connectivity index (χ4n) is 7.37. The summed E-state index contributed by atoms with van der Waals surface area (Å²) in [6.45, 7) is 0. The Kier molecular flexibility index (Phi) is 12.9. The van der Waals surface area contributed by atoms with Crippen molar-refractivity contribution >= 4 is 87.6 Å². The van der Waals surface area contributed by atoms with Crippen LogP contribution in [0.3, 0.4) is 0 Å². The van der Waals surface area contributed by atoms with Gasteiger partial charge in [-0.05, 0) is 71.8 Å². The average molecular weight is 985 g/mol. The maximum Gasteiger partial charge on any atom is 0.295 e. The first kappa shape index (κ1) is 47.5. The van der Waals surface area contributed by atoms with Gasteiger partial charge >= 0.3 is 0 Å². The number of allylic oxidation sites excluding steroid dienone is 2. The summed E-state index contributed by atoms with van der Waals surface area (Å²) in [6.07, 6.45) is 1.50. The second-order valence-corrected chi connectivity index (χ2v) is 17.9. The normalized spacial score (nSPS) is 14.5. The number of carbonyl (C=O) groups excluding carboxylic acids is 4. The molecule has 20 nitrogen and oxygen atoms in total. The molecule has 0 atom stereocenters. The van der Waals surface area contributed by atoms with Gasteiger partial charge in [-0.25, -0.2) is 0 Å². The standard InChI is InChI=1S/C48H36N6O14S2/c1-67-41-21-25(11-17-35(41)49-47(59)27-13-15-33(37(55)19-27)51-53-45-31-9-5-3-7-29(31)43(23-39(45)57)69(61,62)63)26-12-18-36(42(22-26)68-2)50-48(60)28-14-16-34(38(56)20-28)52-54-46-32-10-6-4-8-30(32)44(24-40(46)58)70(64,65)66/h3-24,51-52,55-56H,1-2H3,(H,49,59)(H,50,60)(H,61,62,63)(H,64,65,66). The zero-order valence-electron chi connectivity index (χ0n) is 36.3. The molecule has 0 heterocycles. The molecule has 0 bridgehead atoms. The van der Waals surface area contributed by atoms with Crippen LogP contribution in [0.2, 0.25) is 0 Å². The lowest BCUT2D eigenvalue weighted by molar-refractivity contribution is -0.109. The quantitative estimate of drug-likeness (QED) is 0.0346. The molecule has 2 amide bonds. The number of hydrazone groups is 2. The van der Waals surface area contributed by atoms with Crippen LogP contribution in [0, 0.1) is 0 Å². The number of phenols is 2. The third-order valence-corrected chi connectivity index (χ3v) is 12.6. The molecule has 6 aromatic rings. The minimum atomic E-state index is -4.72. The first-order chi connectivity index (χ1) is 33.3. The largest absolute Gasteiger partial charge is 0.506 e. The Balaban J connectivity index is 0.923. The van der Waals surface area contributed by atoms with Crippen LogP contribution < -0.4 is 31.0 Å². The molecule has 0 saturated carbocycles. The van der Waals surface area contributed by atoms with Crippen LogP contribution >= 0.6 is 0 Å². The van der Waals surface area contributed by atoms with Gasteiger partial charge in [0.05, 0.1) is 37.0 Å². The molecule has 70 heavy (non-hydrogen) atoms. The first-order valence-corrected chi connectivity index (χ1v) is 23.2. The molecule has 6 aromatic carbocycles. The van der Waals surface area contributed by atoms with Gasteiger partial charge in [-0.3, -0.25) is 39.1 Å². The molecule has 8 N–H and O–H groups in total. The topological polar surface area (TPSA) is 309 Å². The van der Waals surface area contributed by atoms with Gasteiger partial charge in [0.15, 0.2) is 0 Å². The summed E-state index contributed by atoms with van der Waals surface area (Å²) in [7, 11) is -6.62. The summed E-state index contributed by atoms with van der Waals surface area (Å²) in [6, 6.07) is 29.6. The van der Waals surface area contributed by atoms with Gasteiger partial charge in [0.1, 0.15) is 44.2 Å². The highest BCUT2D eigenvalue weighted by Gasteiger charge is 2.31. The zero-order valence-corrected chi connectivity index (χ0v) is 37.9. The minimum absolute atomic E-state index is 0.0144. The summed E-state index contributed by atoms with van der Waals surface area (Å²) in [5.74, 6) is -3.13. The Hall–Kier alpha value is -8.96. The third-order valence-electron chi connectivity index (χ3n) is 10.8. The molecule has 0 fully saturated rings. The number of methoxy groups -OCH3 is 2. The molecule has 2 aliphatic rings. The van der Waals surface area contributed by atoms with E-state index < -0.39 is 64.9 Å². The fourth-order valence-corrected chi connectivity index (χ4v) is 8.79. The lowest BCUT2D eigenvalue weighted by Gasteiger charge is -2.17. The van der Waals surface area contributed by atoms with Gasteiger partial charge in [0, 0.05) is 45.5 Å². The number of amides is 2. The Morgan fingerprint density at radius 1 is 0.500 bits per heavy atom. The first-order valence-electron chi connectivity index (χ1n) is 20.3. The number of aromatic hydroxyl groups is 2. The lowest BCUT2D eigenvalue weighted by Crippen LogP contribution is -2.23. The summed E-state index contributed by atoms with van der Waals surface area (Å²) in [4.78, 5) is 51.2. The fraction of sp³-hybridized carbons (Fsp3) is 0.0417. The molecule has 2 aliphatic carbocycles. The number of anilines is 4. The lowest BCUT2D eigenvalue weighted by atomic mass is 9.94. The van der Waals surface area contributed by atoms with Crippen molar-refractivity contribution in [1.82, 2.24) is 0 Å². The molecule has 0 spiro atoms. The van der Waals surface area contributed by atoms with Gasteiger partial charge in [-0.15, -0.1) is 0 Å². The molecule has 8 rings (SSSR count). The molecule has 0 unspecified atom stereocenters. The van der Waals surface area contributed by atoms with Gasteiger partial charge in [0.25, 0.3) is 32.1 Å². The van der Waals surface area contributed by atoms with E-state index in [2.05, 4.69) is 31.7 Å². The van der Waals surface area contributed by atoms with Crippen molar-refractivity contribution in [2.45, 2.75) is 0 Å². The van der Waals surface area contributed by atoms with Gasteiger partial charge in [-0.2, -0.15) is 27.0 Å². The van der Waals surface area contributed by atoms with Crippen molar-refractivity contribution in [3.8, 4) is 34.1 Å². The number of phenolic OH excluding ortho intramolecular Hbond substituents is 2. The van der Waals surface area contributed by atoms with Crippen LogP contribution in [0.4, 0.5) is 22.7 Å². The van der Waals surface area contributed by atoms with Crippen molar-refractivity contribution < 1.29 is 64.8 Å². The second kappa shape index (κ2) is 19.0. The van der Waals surface area contributed by atoms with E-state index in [0.717, 1.165) is 12.2 Å². The summed E-state index contributed by atoms with van der Waals surface area (Å²) in [5.41, 5.74) is 7.09. The van der Waals surface area contributed by atoms with Gasteiger partial charge in [-0.1, -0.05) is 60.7 Å². The highest BCUT2D eigenvalue weighted by atomic mass is 32.2. The third kappa shape index (κ3) is 9.72. The van der Waals surface area contributed by atoms with Crippen molar-refractivity contribution in [2.24, 2.45) is 10.2 Å². The Morgan fingerprint density at radius 3 is 1.20 bits per heavy atom. The predicted octanol–water partition coefficient (Wildman–Crippen LogP) is 6.54. The van der Waals surface area contributed by atoms with Crippen LogP contribution in [0.15, 0.2) is 144 Å². The molecule has 354 valence electrons. The van der Waals surface area contributed by atoms with E-state index >= 15 is 0 Å². The predicted molar refractivity (Wildman–Crippen MR) is 259 cm³/mol.